The second-order valence-corrected chi connectivity index (χ2v) is 5.96. The minimum Gasteiger partial charge on any atom is -0.456 e. The molecule has 2 fully saturated rings. The van der Waals surface area contributed by atoms with Crippen molar-refractivity contribution in [2.75, 3.05) is 0 Å². The Hall–Kier alpha value is -1.39. The molecule has 0 heterocycles. The summed E-state index contributed by atoms with van der Waals surface area (Å²) >= 11 is 0. The van der Waals surface area contributed by atoms with Crippen molar-refractivity contribution in [3.63, 3.8) is 0 Å². The molecule has 3 rings (SSSR count). The fourth-order valence-electron chi connectivity index (χ4n) is 3.60. The van der Waals surface area contributed by atoms with Gasteiger partial charge in [0.2, 0.25) is 0 Å². The lowest BCUT2D eigenvalue weighted by molar-refractivity contribution is -0.189. The highest BCUT2D eigenvalue weighted by molar-refractivity contribution is 5.89. The van der Waals surface area contributed by atoms with Crippen molar-refractivity contribution in [2.45, 2.75) is 55.8 Å². The molecule has 108 valence electrons. The van der Waals surface area contributed by atoms with Crippen LogP contribution >= 0.6 is 0 Å². The van der Waals surface area contributed by atoms with E-state index in [2.05, 4.69) is 0 Å². The van der Waals surface area contributed by atoms with Crippen LogP contribution in [0.3, 0.4) is 0 Å². The van der Waals surface area contributed by atoms with Gasteiger partial charge in [-0.25, -0.2) is 4.79 Å². The number of hydrogen-bond donors (Lipinski definition) is 2. The van der Waals surface area contributed by atoms with E-state index in [9.17, 15) is 15.0 Å². The van der Waals surface area contributed by atoms with Crippen LogP contribution in [0.5, 0.6) is 0 Å². The standard InChI is InChI=1S/C16H20O4/c17-14(12-6-2-1-3-7-12)20-13-8-11-15(18)9-4-5-10-16(13,15)19/h1-3,6-7,13,18-19H,4-5,8-11H2/t13-,15-,16?/m0/s1. The van der Waals surface area contributed by atoms with Gasteiger partial charge in [-0.2, -0.15) is 0 Å². The fourth-order valence-corrected chi connectivity index (χ4v) is 3.60. The molecule has 4 nitrogen and oxygen atoms in total. The van der Waals surface area contributed by atoms with E-state index in [1.165, 1.54) is 0 Å². The molecule has 2 N–H and O–H groups in total. The number of ether oxygens (including phenoxy) is 1. The Morgan fingerprint density at radius 2 is 1.80 bits per heavy atom. The quantitative estimate of drug-likeness (QED) is 0.811. The van der Waals surface area contributed by atoms with Gasteiger partial charge in [0.25, 0.3) is 0 Å². The predicted octanol–water partition coefficient (Wildman–Crippen LogP) is 2.04. The molecule has 0 aromatic heterocycles. The average molecular weight is 276 g/mol. The highest BCUT2D eigenvalue weighted by Crippen LogP contribution is 2.50. The molecule has 0 bridgehead atoms. The summed E-state index contributed by atoms with van der Waals surface area (Å²) in [6, 6.07) is 8.76. The first-order chi connectivity index (χ1) is 9.55. The number of fused-ring (bicyclic) bond motifs is 1. The Kier molecular flexibility index (Phi) is 3.30. The lowest BCUT2D eigenvalue weighted by atomic mass is 9.73. The van der Waals surface area contributed by atoms with Gasteiger partial charge in [0.1, 0.15) is 11.7 Å². The highest BCUT2D eigenvalue weighted by atomic mass is 16.6. The maximum absolute atomic E-state index is 12.1. The summed E-state index contributed by atoms with van der Waals surface area (Å²) in [4.78, 5) is 12.1. The third-order valence-corrected chi connectivity index (χ3v) is 4.82. The smallest absolute Gasteiger partial charge is 0.338 e. The van der Waals surface area contributed by atoms with Crippen molar-refractivity contribution in [3.8, 4) is 0 Å². The van der Waals surface area contributed by atoms with Crippen LogP contribution in [-0.4, -0.2) is 33.5 Å². The van der Waals surface area contributed by atoms with Crippen LogP contribution in [-0.2, 0) is 4.74 Å². The third-order valence-electron chi connectivity index (χ3n) is 4.82. The summed E-state index contributed by atoms with van der Waals surface area (Å²) in [6.07, 6.45) is 3.26. The van der Waals surface area contributed by atoms with E-state index in [-0.39, 0.29) is 0 Å². The first-order valence-corrected chi connectivity index (χ1v) is 7.26. The molecule has 2 aliphatic rings. The molecule has 3 atom stereocenters. The summed E-state index contributed by atoms with van der Waals surface area (Å²) < 4.78 is 5.49. The molecule has 2 aliphatic carbocycles. The summed E-state index contributed by atoms with van der Waals surface area (Å²) in [7, 11) is 0. The van der Waals surface area contributed by atoms with Crippen LogP contribution in [0.2, 0.25) is 0 Å². The molecular weight excluding hydrogens is 256 g/mol. The summed E-state index contributed by atoms with van der Waals surface area (Å²) in [6.45, 7) is 0. The Morgan fingerprint density at radius 3 is 2.55 bits per heavy atom. The van der Waals surface area contributed by atoms with Crippen LogP contribution in [0.25, 0.3) is 0 Å². The number of aliphatic hydroxyl groups is 2. The van der Waals surface area contributed by atoms with Crippen LogP contribution in [0, 0.1) is 0 Å². The Bertz CT molecular complexity index is 500. The highest BCUT2D eigenvalue weighted by Gasteiger charge is 2.61. The van der Waals surface area contributed by atoms with Gasteiger partial charge in [-0.15, -0.1) is 0 Å². The molecule has 2 saturated carbocycles. The molecule has 0 amide bonds. The van der Waals surface area contributed by atoms with Crippen molar-refractivity contribution in [2.24, 2.45) is 0 Å². The lowest BCUT2D eigenvalue weighted by Crippen LogP contribution is -2.58. The van der Waals surface area contributed by atoms with Crippen molar-refractivity contribution in [1.82, 2.24) is 0 Å². The van der Waals surface area contributed by atoms with Gasteiger partial charge >= 0.3 is 5.97 Å². The maximum Gasteiger partial charge on any atom is 0.338 e. The third kappa shape index (κ3) is 2.03. The molecule has 0 saturated heterocycles. The van der Waals surface area contributed by atoms with Gasteiger partial charge < -0.3 is 14.9 Å². The Balaban J connectivity index is 1.77. The molecule has 1 aromatic rings. The summed E-state index contributed by atoms with van der Waals surface area (Å²) in [5, 5.41) is 21.4. The van der Waals surface area contributed by atoms with Crippen LogP contribution in [0.4, 0.5) is 0 Å². The Labute approximate surface area is 118 Å². The lowest BCUT2D eigenvalue weighted by Gasteiger charge is -2.44. The molecule has 1 aromatic carbocycles. The maximum atomic E-state index is 12.1. The minimum absolute atomic E-state index is 0.432. The number of rotatable bonds is 2. The van der Waals surface area contributed by atoms with Gasteiger partial charge in [-0.1, -0.05) is 31.0 Å². The molecule has 1 unspecified atom stereocenters. The van der Waals surface area contributed by atoms with E-state index in [4.69, 9.17) is 4.74 Å². The van der Waals surface area contributed by atoms with E-state index < -0.39 is 23.3 Å². The molecular formula is C16H20O4. The summed E-state index contributed by atoms with van der Waals surface area (Å²) in [5.41, 5.74) is -1.90. The fraction of sp³-hybridized carbons (Fsp3) is 0.562. The van der Waals surface area contributed by atoms with Gasteiger partial charge in [-0.05, 0) is 37.8 Å². The van der Waals surface area contributed by atoms with Gasteiger partial charge in [-0.3, -0.25) is 0 Å². The zero-order chi connectivity index (χ0) is 14.2. The Morgan fingerprint density at radius 1 is 1.10 bits per heavy atom. The van der Waals surface area contributed by atoms with Crippen molar-refractivity contribution >= 4 is 5.97 Å². The summed E-state index contributed by atoms with van der Waals surface area (Å²) in [5.74, 6) is -0.432. The number of esters is 1. The minimum atomic E-state index is -1.28. The van der Waals surface area contributed by atoms with Crippen molar-refractivity contribution < 1.29 is 19.7 Å². The van der Waals surface area contributed by atoms with Crippen LogP contribution in [0.15, 0.2) is 30.3 Å². The number of carbonyl (C=O) groups excluding carboxylic acids is 1. The topological polar surface area (TPSA) is 66.8 Å². The van der Waals surface area contributed by atoms with Crippen molar-refractivity contribution in [1.29, 1.82) is 0 Å². The van der Waals surface area contributed by atoms with Crippen molar-refractivity contribution in [3.05, 3.63) is 35.9 Å². The number of hydrogen-bond acceptors (Lipinski definition) is 4. The predicted molar refractivity (Wildman–Crippen MR) is 73.2 cm³/mol. The number of benzene rings is 1. The molecule has 20 heavy (non-hydrogen) atoms. The molecule has 0 spiro atoms. The SMILES string of the molecule is O=C(O[C@H]1CC[C@@]2(O)CCCCC12O)c1ccccc1. The van der Waals surface area contributed by atoms with Gasteiger partial charge in [0, 0.05) is 0 Å². The second-order valence-electron chi connectivity index (χ2n) is 5.96. The van der Waals surface area contributed by atoms with E-state index in [1.54, 1.807) is 24.3 Å². The second kappa shape index (κ2) is 4.86. The van der Waals surface area contributed by atoms with Gasteiger partial charge in [0.05, 0.1) is 11.2 Å². The van der Waals surface area contributed by atoms with E-state index >= 15 is 0 Å². The molecule has 4 heteroatoms. The monoisotopic (exact) mass is 276 g/mol. The van der Waals surface area contributed by atoms with E-state index in [1.807, 2.05) is 6.07 Å². The van der Waals surface area contributed by atoms with Crippen LogP contribution < -0.4 is 0 Å². The average Bonchev–Trinajstić information content (AvgIpc) is 2.72. The zero-order valence-corrected chi connectivity index (χ0v) is 11.4. The molecule has 0 radical (unpaired) electrons. The number of carbonyl (C=O) groups is 1. The first kappa shape index (κ1) is 13.6. The normalized spacial score (nSPS) is 36.4. The first-order valence-electron chi connectivity index (χ1n) is 7.26. The van der Waals surface area contributed by atoms with Crippen LogP contribution in [0.1, 0.15) is 48.9 Å². The van der Waals surface area contributed by atoms with E-state index in [0.717, 1.165) is 12.8 Å². The van der Waals surface area contributed by atoms with E-state index in [0.29, 0.717) is 31.2 Å². The van der Waals surface area contributed by atoms with Gasteiger partial charge in [0.15, 0.2) is 0 Å². The molecule has 0 aliphatic heterocycles. The largest absolute Gasteiger partial charge is 0.456 e. The zero-order valence-electron chi connectivity index (χ0n) is 11.4.